The van der Waals surface area contributed by atoms with Crippen LogP contribution in [0, 0.1) is 0 Å². The molecule has 0 unspecified atom stereocenters. The number of pyridine rings is 1. The Morgan fingerprint density at radius 3 is 2.29 bits per heavy atom. The zero-order valence-electron chi connectivity index (χ0n) is 8.61. The van der Waals surface area contributed by atoms with Crippen LogP contribution in [0.3, 0.4) is 0 Å². The van der Waals surface area contributed by atoms with Gasteiger partial charge in [-0.25, -0.2) is 8.78 Å². The van der Waals surface area contributed by atoms with Gasteiger partial charge in [-0.05, 0) is 30.3 Å². The fraction of sp³-hybridized carbons (Fsp3) is 0.0833. The zero-order chi connectivity index (χ0) is 12.4. The normalized spacial score (nSPS) is 10.8. The molecule has 0 radical (unpaired) electrons. The average molecular weight is 256 g/mol. The van der Waals surface area contributed by atoms with E-state index in [1.54, 1.807) is 24.3 Å². The van der Waals surface area contributed by atoms with Gasteiger partial charge in [0.15, 0.2) is 0 Å². The van der Waals surface area contributed by atoms with Gasteiger partial charge < -0.3 is 0 Å². The van der Waals surface area contributed by atoms with E-state index in [2.05, 4.69) is 0 Å². The Kier molecular flexibility index (Phi) is 3.24. The van der Waals surface area contributed by atoms with Crippen molar-refractivity contribution in [3.63, 3.8) is 0 Å². The van der Waals surface area contributed by atoms with Crippen molar-refractivity contribution in [2.45, 2.75) is 6.43 Å². The summed E-state index contributed by atoms with van der Waals surface area (Å²) in [5.74, 6) is 0. The number of alkyl halides is 2. The van der Waals surface area contributed by atoms with Gasteiger partial charge in [-0.15, -0.1) is 0 Å². The lowest BCUT2D eigenvalue weighted by Gasteiger charge is -2.07. The van der Waals surface area contributed by atoms with Crippen LogP contribution >= 0.6 is 11.6 Å². The highest BCUT2D eigenvalue weighted by molar-refractivity contribution is 6.30. The summed E-state index contributed by atoms with van der Waals surface area (Å²) in [7, 11) is 0. The van der Waals surface area contributed by atoms with Gasteiger partial charge in [0.2, 0.25) is 0 Å². The highest BCUT2D eigenvalue weighted by Crippen LogP contribution is 2.18. The molecule has 0 aliphatic rings. The van der Waals surface area contributed by atoms with Crippen LogP contribution in [0.5, 0.6) is 0 Å². The van der Waals surface area contributed by atoms with E-state index in [0.29, 0.717) is 10.7 Å². The summed E-state index contributed by atoms with van der Waals surface area (Å²) in [5, 5.41) is 0.520. The van der Waals surface area contributed by atoms with Crippen LogP contribution in [-0.2, 0) is 0 Å². The van der Waals surface area contributed by atoms with Gasteiger partial charge in [0, 0.05) is 28.5 Å². The van der Waals surface area contributed by atoms with Crippen LogP contribution in [0.2, 0.25) is 5.02 Å². The van der Waals surface area contributed by atoms with Gasteiger partial charge in [0.05, 0.1) is 0 Å². The molecule has 0 saturated heterocycles. The molecule has 0 saturated carbocycles. The third kappa shape index (κ3) is 2.53. The average Bonchev–Trinajstić information content (AvgIpc) is 2.31. The molecule has 0 spiro atoms. The van der Waals surface area contributed by atoms with Crippen LogP contribution in [0.15, 0.2) is 47.4 Å². The third-order valence-corrected chi connectivity index (χ3v) is 2.54. The standard InChI is InChI=1S/C12H8ClF2NO/c13-9-2-4-10(5-3-9)16-7-8(12(14)15)1-6-11(16)17/h1-7,12H. The predicted octanol–water partition coefficient (Wildman–Crippen LogP) is 3.43. The van der Waals surface area contributed by atoms with Crippen LogP contribution < -0.4 is 5.56 Å². The molecule has 2 aromatic rings. The molecule has 0 aliphatic carbocycles. The summed E-state index contributed by atoms with van der Waals surface area (Å²) in [6, 6.07) is 8.63. The second-order valence-electron chi connectivity index (χ2n) is 3.45. The summed E-state index contributed by atoms with van der Waals surface area (Å²) in [6.07, 6.45) is -1.47. The predicted molar refractivity (Wildman–Crippen MR) is 62.0 cm³/mol. The summed E-state index contributed by atoms with van der Waals surface area (Å²) < 4.78 is 26.2. The van der Waals surface area contributed by atoms with Crippen molar-refractivity contribution in [2.24, 2.45) is 0 Å². The van der Waals surface area contributed by atoms with E-state index in [4.69, 9.17) is 11.6 Å². The third-order valence-electron chi connectivity index (χ3n) is 2.29. The van der Waals surface area contributed by atoms with E-state index in [0.717, 1.165) is 22.9 Å². The Bertz CT molecular complexity index is 578. The summed E-state index contributed by atoms with van der Waals surface area (Å²) in [5.41, 5.74) is -0.0572. The Balaban J connectivity index is 2.54. The smallest absolute Gasteiger partial charge is 0.265 e. The van der Waals surface area contributed by atoms with Gasteiger partial charge in [-0.1, -0.05) is 11.6 Å². The molecule has 0 amide bonds. The quantitative estimate of drug-likeness (QED) is 0.806. The first-order chi connectivity index (χ1) is 8.08. The molecule has 0 aliphatic heterocycles. The van der Waals surface area contributed by atoms with Gasteiger partial charge in [-0.2, -0.15) is 0 Å². The minimum atomic E-state index is -2.60. The van der Waals surface area contributed by atoms with Gasteiger partial charge in [-0.3, -0.25) is 9.36 Å². The number of hydrogen-bond donors (Lipinski definition) is 0. The molecule has 2 nitrogen and oxygen atoms in total. The topological polar surface area (TPSA) is 22.0 Å². The highest BCUT2D eigenvalue weighted by Gasteiger charge is 2.09. The number of nitrogens with zero attached hydrogens (tertiary/aromatic N) is 1. The Hall–Kier alpha value is -1.68. The summed E-state index contributed by atoms with van der Waals surface area (Å²) >= 11 is 5.71. The van der Waals surface area contributed by atoms with E-state index in [-0.39, 0.29) is 11.1 Å². The molecule has 0 bridgehead atoms. The molecule has 5 heteroatoms. The first kappa shape index (κ1) is 11.8. The SMILES string of the molecule is O=c1ccc(C(F)F)cn1-c1ccc(Cl)cc1. The van der Waals surface area contributed by atoms with Crippen LogP contribution in [0.4, 0.5) is 8.78 Å². The van der Waals surface area contributed by atoms with E-state index in [9.17, 15) is 13.6 Å². The monoisotopic (exact) mass is 255 g/mol. The van der Waals surface area contributed by atoms with E-state index >= 15 is 0 Å². The lowest BCUT2D eigenvalue weighted by molar-refractivity contribution is 0.150. The van der Waals surface area contributed by atoms with Gasteiger partial charge in [0.25, 0.3) is 12.0 Å². The largest absolute Gasteiger partial charge is 0.284 e. The molecule has 17 heavy (non-hydrogen) atoms. The van der Waals surface area contributed by atoms with Crippen molar-refractivity contribution in [3.05, 3.63) is 63.5 Å². The van der Waals surface area contributed by atoms with Crippen molar-refractivity contribution in [1.29, 1.82) is 0 Å². The Morgan fingerprint density at radius 2 is 1.71 bits per heavy atom. The maximum Gasteiger partial charge on any atom is 0.265 e. The molecule has 1 aromatic heterocycles. The Morgan fingerprint density at radius 1 is 1.06 bits per heavy atom. The lowest BCUT2D eigenvalue weighted by atomic mass is 10.2. The molecule has 0 atom stereocenters. The summed E-state index contributed by atoms with van der Waals surface area (Å²) in [6.45, 7) is 0. The minimum Gasteiger partial charge on any atom is -0.284 e. The van der Waals surface area contributed by atoms with Crippen molar-refractivity contribution in [3.8, 4) is 5.69 Å². The lowest BCUT2D eigenvalue weighted by Crippen LogP contribution is -2.17. The fourth-order valence-electron chi connectivity index (χ4n) is 1.44. The van der Waals surface area contributed by atoms with E-state index < -0.39 is 6.43 Å². The van der Waals surface area contributed by atoms with Crippen molar-refractivity contribution in [2.75, 3.05) is 0 Å². The zero-order valence-corrected chi connectivity index (χ0v) is 9.36. The number of hydrogen-bond acceptors (Lipinski definition) is 1. The van der Waals surface area contributed by atoms with E-state index in [1.165, 1.54) is 0 Å². The van der Waals surface area contributed by atoms with Gasteiger partial charge in [0.1, 0.15) is 0 Å². The van der Waals surface area contributed by atoms with Crippen LogP contribution in [0.25, 0.3) is 5.69 Å². The van der Waals surface area contributed by atoms with E-state index in [1.807, 2.05) is 0 Å². The van der Waals surface area contributed by atoms with Crippen LogP contribution in [0.1, 0.15) is 12.0 Å². The van der Waals surface area contributed by atoms with Crippen LogP contribution in [-0.4, -0.2) is 4.57 Å². The second kappa shape index (κ2) is 4.67. The molecule has 88 valence electrons. The molecule has 0 N–H and O–H groups in total. The number of halogens is 3. The van der Waals surface area contributed by atoms with Crippen molar-refractivity contribution < 1.29 is 8.78 Å². The minimum absolute atomic E-state index is 0.195. The molecule has 1 aromatic carbocycles. The van der Waals surface area contributed by atoms with Gasteiger partial charge >= 0.3 is 0 Å². The second-order valence-corrected chi connectivity index (χ2v) is 3.88. The number of benzene rings is 1. The number of rotatable bonds is 2. The fourth-order valence-corrected chi connectivity index (χ4v) is 1.56. The molecule has 0 fully saturated rings. The maximum atomic E-state index is 12.5. The molecular formula is C12H8ClF2NO. The summed E-state index contributed by atoms with van der Waals surface area (Å²) in [4.78, 5) is 11.6. The first-order valence-electron chi connectivity index (χ1n) is 4.84. The molecule has 2 rings (SSSR count). The first-order valence-corrected chi connectivity index (χ1v) is 5.22. The maximum absolute atomic E-state index is 12.5. The Labute approximate surface area is 101 Å². The highest BCUT2D eigenvalue weighted by atomic mass is 35.5. The number of aromatic nitrogens is 1. The molecular weight excluding hydrogens is 248 g/mol. The van der Waals surface area contributed by atoms with Crippen molar-refractivity contribution in [1.82, 2.24) is 4.57 Å². The molecule has 1 heterocycles. The van der Waals surface area contributed by atoms with Crippen molar-refractivity contribution >= 4 is 11.6 Å².